The third-order valence-electron chi connectivity index (χ3n) is 1.21. The van der Waals surface area contributed by atoms with E-state index in [4.69, 9.17) is 0 Å². The van der Waals surface area contributed by atoms with Gasteiger partial charge in [-0.05, 0) is 44.8 Å². The van der Waals surface area contributed by atoms with Crippen LogP contribution >= 0.6 is 31.9 Å². The molecule has 4 nitrogen and oxygen atoms in total. The zero-order chi connectivity index (χ0) is 9.30. The molecule has 0 fully saturated rings. The van der Waals surface area contributed by atoms with Crippen LogP contribution in [-0.2, 0) is 0 Å². The molecule has 0 saturated heterocycles. The Balaban J connectivity index is 3.38. The Kier molecular flexibility index (Phi) is 2.79. The Morgan fingerprint density at radius 3 is 2.58 bits per heavy atom. The van der Waals surface area contributed by atoms with Crippen LogP contribution in [0.1, 0.15) is 5.69 Å². The Labute approximate surface area is 85.4 Å². The lowest BCUT2D eigenvalue weighted by Gasteiger charge is -1.98. The predicted molar refractivity (Wildman–Crippen MR) is 51.0 cm³/mol. The highest BCUT2D eigenvalue weighted by atomic mass is 79.9. The van der Waals surface area contributed by atoms with Crippen LogP contribution in [0.4, 0.5) is 5.69 Å². The zero-order valence-electron chi connectivity index (χ0n) is 6.04. The van der Waals surface area contributed by atoms with Gasteiger partial charge in [0.15, 0.2) is 4.60 Å². The minimum Gasteiger partial charge on any atom is -0.258 e. The average molecular weight is 296 g/mol. The summed E-state index contributed by atoms with van der Waals surface area (Å²) in [5, 5.41) is 10.5. The van der Waals surface area contributed by atoms with E-state index in [0.29, 0.717) is 4.47 Å². The number of hydrogen-bond acceptors (Lipinski definition) is 3. The van der Waals surface area contributed by atoms with Gasteiger partial charge in [0, 0.05) is 5.69 Å². The van der Waals surface area contributed by atoms with Crippen molar-refractivity contribution in [2.45, 2.75) is 6.92 Å². The first-order chi connectivity index (χ1) is 5.52. The van der Waals surface area contributed by atoms with Crippen LogP contribution < -0.4 is 0 Å². The van der Waals surface area contributed by atoms with Crippen molar-refractivity contribution < 1.29 is 4.92 Å². The maximum absolute atomic E-state index is 10.5. The molecule has 0 amide bonds. The first-order valence-corrected chi connectivity index (χ1v) is 4.58. The first kappa shape index (κ1) is 9.60. The highest BCUT2D eigenvalue weighted by Gasteiger charge is 2.18. The largest absolute Gasteiger partial charge is 0.316 e. The molecule has 0 aliphatic carbocycles. The fourth-order valence-electron chi connectivity index (χ4n) is 0.753. The van der Waals surface area contributed by atoms with Crippen LogP contribution in [0.15, 0.2) is 15.1 Å². The normalized spacial score (nSPS) is 9.92. The number of nitro groups is 1. The smallest absolute Gasteiger partial charge is 0.258 e. The van der Waals surface area contributed by atoms with E-state index in [0.717, 1.165) is 5.69 Å². The second-order valence-electron chi connectivity index (χ2n) is 2.14. The molecule has 0 aliphatic heterocycles. The quantitative estimate of drug-likeness (QED) is 0.455. The maximum Gasteiger partial charge on any atom is 0.316 e. The number of aromatic nitrogens is 1. The van der Waals surface area contributed by atoms with Crippen molar-refractivity contribution in [3.05, 3.63) is 31.0 Å². The minimum absolute atomic E-state index is 0.0411. The number of halogens is 2. The van der Waals surface area contributed by atoms with Gasteiger partial charge in [0.05, 0.1) is 9.40 Å². The SMILES string of the molecule is Cc1cc(Br)c([N+](=O)[O-])c(Br)n1. The summed E-state index contributed by atoms with van der Waals surface area (Å²) in [6.07, 6.45) is 0. The number of pyridine rings is 1. The molecule has 0 unspecified atom stereocenters. The number of hydrogen-bond donors (Lipinski definition) is 0. The standard InChI is InChI=1S/C6H4Br2N2O2/c1-3-2-4(7)5(10(11)12)6(8)9-3/h2H,1H3. The van der Waals surface area contributed by atoms with Crippen molar-refractivity contribution in [3.8, 4) is 0 Å². The van der Waals surface area contributed by atoms with Crippen LogP contribution in [0.5, 0.6) is 0 Å². The number of rotatable bonds is 1. The molecule has 0 atom stereocenters. The topological polar surface area (TPSA) is 56.0 Å². The molecule has 1 aromatic rings. The molecule has 0 aromatic carbocycles. The van der Waals surface area contributed by atoms with Gasteiger partial charge in [0.25, 0.3) is 0 Å². The molecule has 0 aliphatic rings. The van der Waals surface area contributed by atoms with E-state index < -0.39 is 4.92 Å². The molecular formula is C6H4Br2N2O2. The van der Waals surface area contributed by atoms with Crippen molar-refractivity contribution in [3.63, 3.8) is 0 Å². The monoisotopic (exact) mass is 294 g/mol. The molecular weight excluding hydrogens is 292 g/mol. The van der Waals surface area contributed by atoms with E-state index >= 15 is 0 Å². The van der Waals surface area contributed by atoms with Gasteiger partial charge < -0.3 is 0 Å². The van der Waals surface area contributed by atoms with E-state index in [1.165, 1.54) is 0 Å². The summed E-state index contributed by atoms with van der Waals surface area (Å²) in [5.41, 5.74) is 0.681. The van der Waals surface area contributed by atoms with Gasteiger partial charge in [-0.25, -0.2) is 4.98 Å². The summed E-state index contributed by atoms with van der Waals surface area (Å²) in [4.78, 5) is 13.9. The summed E-state index contributed by atoms with van der Waals surface area (Å²) in [5.74, 6) is 0. The van der Waals surface area contributed by atoms with Crippen molar-refractivity contribution in [2.24, 2.45) is 0 Å². The summed E-state index contributed by atoms with van der Waals surface area (Å²) >= 11 is 6.10. The van der Waals surface area contributed by atoms with Gasteiger partial charge in [0.1, 0.15) is 0 Å². The first-order valence-electron chi connectivity index (χ1n) is 2.99. The fourth-order valence-corrected chi connectivity index (χ4v) is 2.32. The summed E-state index contributed by atoms with van der Waals surface area (Å²) in [6, 6.07) is 1.60. The van der Waals surface area contributed by atoms with E-state index in [-0.39, 0.29) is 10.3 Å². The van der Waals surface area contributed by atoms with Gasteiger partial charge in [0.2, 0.25) is 0 Å². The second-order valence-corrected chi connectivity index (χ2v) is 3.75. The van der Waals surface area contributed by atoms with Gasteiger partial charge in [-0.1, -0.05) is 0 Å². The molecule has 0 radical (unpaired) electrons. The molecule has 6 heteroatoms. The van der Waals surface area contributed by atoms with Gasteiger partial charge >= 0.3 is 5.69 Å². The molecule has 1 aromatic heterocycles. The third kappa shape index (κ3) is 1.81. The Bertz CT molecular complexity index is 317. The van der Waals surface area contributed by atoms with Crippen LogP contribution in [-0.4, -0.2) is 9.91 Å². The highest BCUT2D eigenvalue weighted by Crippen LogP contribution is 2.31. The number of aryl methyl sites for hydroxylation is 1. The maximum atomic E-state index is 10.5. The lowest BCUT2D eigenvalue weighted by atomic mass is 10.3. The molecule has 1 heterocycles. The van der Waals surface area contributed by atoms with Crippen LogP contribution in [0, 0.1) is 17.0 Å². The highest BCUT2D eigenvalue weighted by molar-refractivity contribution is 9.11. The molecule has 0 spiro atoms. The van der Waals surface area contributed by atoms with E-state index in [1.54, 1.807) is 13.0 Å². The molecule has 0 bridgehead atoms. The summed E-state index contributed by atoms with van der Waals surface area (Å²) < 4.78 is 0.686. The van der Waals surface area contributed by atoms with Gasteiger partial charge in [-0.3, -0.25) is 10.1 Å². The van der Waals surface area contributed by atoms with Crippen molar-refractivity contribution >= 4 is 37.5 Å². The molecule has 12 heavy (non-hydrogen) atoms. The number of nitrogens with zero attached hydrogens (tertiary/aromatic N) is 2. The minimum atomic E-state index is -0.486. The van der Waals surface area contributed by atoms with Crippen LogP contribution in [0.25, 0.3) is 0 Å². The lowest BCUT2D eigenvalue weighted by molar-refractivity contribution is -0.386. The Morgan fingerprint density at radius 2 is 2.17 bits per heavy atom. The lowest BCUT2D eigenvalue weighted by Crippen LogP contribution is -1.94. The Hall–Kier alpha value is -0.490. The molecule has 0 N–H and O–H groups in total. The van der Waals surface area contributed by atoms with Crippen molar-refractivity contribution in [1.29, 1.82) is 0 Å². The average Bonchev–Trinajstić information content (AvgIpc) is 1.82. The summed E-state index contributed by atoms with van der Waals surface area (Å²) in [6.45, 7) is 1.76. The molecule has 0 saturated carbocycles. The fraction of sp³-hybridized carbons (Fsp3) is 0.167. The second kappa shape index (κ2) is 3.49. The molecule has 1 rings (SSSR count). The van der Waals surface area contributed by atoms with Crippen molar-refractivity contribution in [1.82, 2.24) is 4.98 Å². The van der Waals surface area contributed by atoms with E-state index in [9.17, 15) is 10.1 Å². The predicted octanol–water partition coefficient (Wildman–Crippen LogP) is 2.82. The third-order valence-corrected chi connectivity index (χ3v) is 2.37. The summed E-state index contributed by atoms with van der Waals surface area (Å²) in [7, 11) is 0. The van der Waals surface area contributed by atoms with Gasteiger partial charge in [-0.15, -0.1) is 0 Å². The van der Waals surface area contributed by atoms with Crippen LogP contribution in [0.2, 0.25) is 0 Å². The zero-order valence-corrected chi connectivity index (χ0v) is 9.22. The Morgan fingerprint density at radius 1 is 1.58 bits per heavy atom. The molecule has 64 valence electrons. The van der Waals surface area contributed by atoms with Crippen molar-refractivity contribution in [2.75, 3.05) is 0 Å². The van der Waals surface area contributed by atoms with Crippen LogP contribution in [0.3, 0.4) is 0 Å². The van der Waals surface area contributed by atoms with E-state index in [2.05, 4.69) is 36.8 Å². The van der Waals surface area contributed by atoms with E-state index in [1.807, 2.05) is 0 Å². The van der Waals surface area contributed by atoms with Gasteiger partial charge in [-0.2, -0.15) is 0 Å².